The zero-order chi connectivity index (χ0) is 12.3. The molecule has 0 atom stereocenters. The number of nitrogens with zero attached hydrogens (tertiary/aromatic N) is 3. The molecule has 0 amide bonds. The predicted molar refractivity (Wildman–Crippen MR) is 63.7 cm³/mol. The molecular weight excluding hydrogens is 216 g/mol. The summed E-state index contributed by atoms with van der Waals surface area (Å²) in [6.07, 6.45) is 1.89. The Balaban J connectivity index is 2.20. The van der Waals surface area contributed by atoms with Gasteiger partial charge in [0.2, 0.25) is 0 Å². The number of ether oxygens (including phenoxy) is 1. The van der Waals surface area contributed by atoms with E-state index in [9.17, 15) is 5.26 Å². The molecule has 1 aliphatic rings. The SMILES string of the molecule is Cc1nnc(NC2CCOCC2)c(C#N)c1C. The molecule has 2 heterocycles. The van der Waals surface area contributed by atoms with Crippen LogP contribution in [-0.2, 0) is 4.74 Å². The van der Waals surface area contributed by atoms with E-state index in [1.807, 2.05) is 13.8 Å². The van der Waals surface area contributed by atoms with E-state index in [0.717, 1.165) is 37.3 Å². The standard InChI is InChI=1S/C12H16N4O/c1-8-9(2)15-16-12(11(8)7-13)14-10-3-5-17-6-4-10/h10H,3-6H2,1-2H3,(H,14,16). The van der Waals surface area contributed by atoms with E-state index in [1.54, 1.807) is 0 Å². The maximum absolute atomic E-state index is 9.17. The van der Waals surface area contributed by atoms with Gasteiger partial charge in [0.25, 0.3) is 0 Å². The Morgan fingerprint density at radius 3 is 2.65 bits per heavy atom. The lowest BCUT2D eigenvalue weighted by Crippen LogP contribution is -2.29. The van der Waals surface area contributed by atoms with E-state index in [4.69, 9.17) is 4.74 Å². The fraction of sp³-hybridized carbons (Fsp3) is 0.583. The third-order valence-electron chi connectivity index (χ3n) is 3.13. The van der Waals surface area contributed by atoms with Crippen molar-refractivity contribution in [2.24, 2.45) is 0 Å². The molecule has 90 valence electrons. The van der Waals surface area contributed by atoms with E-state index < -0.39 is 0 Å². The van der Waals surface area contributed by atoms with Crippen LogP contribution in [0.3, 0.4) is 0 Å². The highest BCUT2D eigenvalue weighted by atomic mass is 16.5. The number of hydrogen-bond acceptors (Lipinski definition) is 5. The van der Waals surface area contributed by atoms with Gasteiger partial charge < -0.3 is 10.1 Å². The first-order chi connectivity index (χ1) is 8.22. The van der Waals surface area contributed by atoms with Gasteiger partial charge in [-0.05, 0) is 32.3 Å². The van der Waals surface area contributed by atoms with Gasteiger partial charge in [-0.15, -0.1) is 5.10 Å². The zero-order valence-electron chi connectivity index (χ0n) is 10.2. The number of rotatable bonds is 2. The molecule has 0 bridgehead atoms. The second kappa shape index (κ2) is 5.11. The van der Waals surface area contributed by atoms with Crippen molar-refractivity contribution >= 4 is 5.82 Å². The summed E-state index contributed by atoms with van der Waals surface area (Å²) in [5, 5.41) is 20.6. The van der Waals surface area contributed by atoms with Gasteiger partial charge >= 0.3 is 0 Å². The van der Waals surface area contributed by atoms with Crippen molar-refractivity contribution in [1.29, 1.82) is 5.26 Å². The number of anilines is 1. The van der Waals surface area contributed by atoms with Crippen LogP contribution in [0.2, 0.25) is 0 Å². The Bertz CT molecular complexity index is 447. The topological polar surface area (TPSA) is 70.8 Å². The van der Waals surface area contributed by atoms with Crippen LogP contribution in [-0.4, -0.2) is 29.5 Å². The fourth-order valence-electron chi connectivity index (χ4n) is 1.88. The molecule has 1 aromatic rings. The van der Waals surface area contributed by atoms with Crippen LogP contribution in [0.1, 0.15) is 29.7 Å². The molecule has 5 nitrogen and oxygen atoms in total. The molecule has 0 unspecified atom stereocenters. The zero-order valence-corrected chi connectivity index (χ0v) is 10.2. The summed E-state index contributed by atoms with van der Waals surface area (Å²) < 4.78 is 5.30. The summed E-state index contributed by atoms with van der Waals surface area (Å²) in [4.78, 5) is 0. The van der Waals surface area contributed by atoms with E-state index in [0.29, 0.717) is 17.4 Å². The average Bonchev–Trinajstić information content (AvgIpc) is 2.36. The van der Waals surface area contributed by atoms with Gasteiger partial charge in [0.05, 0.1) is 5.69 Å². The van der Waals surface area contributed by atoms with Crippen molar-refractivity contribution in [3.05, 3.63) is 16.8 Å². The second-order valence-electron chi connectivity index (χ2n) is 4.28. The largest absolute Gasteiger partial charge is 0.381 e. The van der Waals surface area contributed by atoms with Crippen molar-refractivity contribution in [2.45, 2.75) is 32.7 Å². The van der Waals surface area contributed by atoms with Crippen LogP contribution in [0.5, 0.6) is 0 Å². The molecule has 0 spiro atoms. The Morgan fingerprint density at radius 1 is 1.29 bits per heavy atom. The van der Waals surface area contributed by atoms with E-state index >= 15 is 0 Å². The Labute approximate surface area is 101 Å². The molecule has 1 aliphatic heterocycles. The smallest absolute Gasteiger partial charge is 0.167 e. The molecule has 1 fully saturated rings. The molecule has 0 radical (unpaired) electrons. The maximum atomic E-state index is 9.17. The van der Waals surface area contributed by atoms with E-state index in [2.05, 4.69) is 21.6 Å². The number of aromatic nitrogens is 2. The van der Waals surface area contributed by atoms with Crippen LogP contribution in [0.25, 0.3) is 0 Å². The quantitative estimate of drug-likeness (QED) is 0.837. The number of hydrogen-bond donors (Lipinski definition) is 1. The Kier molecular flexibility index (Phi) is 3.55. The minimum absolute atomic E-state index is 0.326. The van der Waals surface area contributed by atoms with E-state index in [1.165, 1.54) is 0 Å². The fourth-order valence-corrected chi connectivity index (χ4v) is 1.88. The highest BCUT2D eigenvalue weighted by molar-refractivity contribution is 5.56. The first-order valence-corrected chi connectivity index (χ1v) is 5.80. The minimum atomic E-state index is 0.326. The van der Waals surface area contributed by atoms with Crippen LogP contribution < -0.4 is 5.32 Å². The third-order valence-corrected chi connectivity index (χ3v) is 3.13. The summed E-state index contributed by atoms with van der Waals surface area (Å²) in [5.41, 5.74) is 2.31. The van der Waals surface area contributed by atoms with Gasteiger partial charge in [0.15, 0.2) is 5.82 Å². The van der Waals surface area contributed by atoms with Crippen LogP contribution in [0, 0.1) is 25.2 Å². The average molecular weight is 232 g/mol. The third kappa shape index (κ3) is 2.53. The predicted octanol–water partition coefficient (Wildman–Crippen LogP) is 1.56. The van der Waals surface area contributed by atoms with Gasteiger partial charge in [-0.3, -0.25) is 0 Å². The van der Waals surface area contributed by atoms with Crippen molar-refractivity contribution in [1.82, 2.24) is 10.2 Å². The summed E-state index contributed by atoms with van der Waals surface area (Å²) in [7, 11) is 0. The van der Waals surface area contributed by atoms with Gasteiger partial charge in [0, 0.05) is 19.3 Å². The number of aryl methyl sites for hydroxylation is 1. The van der Waals surface area contributed by atoms with Crippen LogP contribution >= 0.6 is 0 Å². The van der Waals surface area contributed by atoms with Crippen molar-refractivity contribution in [3.63, 3.8) is 0 Å². The lowest BCUT2D eigenvalue weighted by atomic mass is 10.1. The molecule has 0 aromatic carbocycles. The lowest BCUT2D eigenvalue weighted by Gasteiger charge is -2.24. The van der Waals surface area contributed by atoms with Crippen LogP contribution in [0.4, 0.5) is 5.82 Å². The summed E-state index contributed by atoms with van der Waals surface area (Å²) in [6.45, 7) is 5.29. The summed E-state index contributed by atoms with van der Waals surface area (Å²) >= 11 is 0. The van der Waals surface area contributed by atoms with Crippen molar-refractivity contribution in [3.8, 4) is 6.07 Å². The van der Waals surface area contributed by atoms with Crippen molar-refractivity contribution < 1.29 is 4.74 Å². The van der Waals surface area contributed by atoms with Gasteiger partial charge in [-0.1, -0.05) is 0 Å². The van der Waals surface area contributed by atoms with Crippen molar-refractivity contribution in [2.75, 3.05) is 18.5 Å². The van der Waals surface area contributed by atoms with Gasteiger partial charge in [-0.25, -0.2) is 0 Å². The van der Waals surface area contributed by atoms with Crippen LogP contribution in [0.15, 0.2) is 0 Å². The Hall–Kier alpha value is -1.67. The highest BCUT2D eigenvalue weighted by Crippen LogP contribution is 2.20. The Morgan fingerprint density at radius 2 is 2.00 bits per heavy atom. The maximum Gasteiger partial charge on any atom is 0.167 e. The first kappa shape index (κ1) is 11.8. The molecule has 5 heteroatoms. The molecule has 2 rings (SSSR count). The normalized spacial score (nSPS) is 16.5. The molecule has 1 N–H and O–H groups in total. The monoisotopic (exact) mass is 232 g/mol. The van der Waals surface area contributed by atoms with Gasteiger partial charge in [0.1, 0.15) is 11.6 Å². The molecule has 17 heavy (non-hydrogen) atoms. The minimum Gasteiger partial charge on any atom is -0.381 e. The molecular formula is C12H16N4O. The van der Waals surface area contributed by atoms with Gasteiger partial charge in [-0.2, -0.15) is 10.4 Å². The first-order valence-electron chi connectivity index (χ1n) is 5.80. The highest BCUT2D eigenvalue weighted by Gasteiger charge is 2.17. The second-order valence-corrected chi connectivity index (χ2v) is 4.28. The molecule has 0 aliphatic carbocycles. The lowest BCUT2D eigenvalue weighted by molar-refractivity contribution is 0.0903. The molecule has 0 saturated carbocycles. The summed E-state index contributed by atoms with van der Waals surface area (Å²) in [6, 6.07) is 2.52. The summed E-state index contributed by atoms with van der Waals surface area (Å²) in [5.74, 6) is 0.600. The number of nitrogens with one attached hydrogen (secondary N) is 1. The molecule has 1 aromatic heterocycles. The van der Waals surface area contributed by atoms with E-state index in [-0.39, 0.29) is 0 Å². The molecule has 1 saturated heterocycles. The number of nitriles is 1.